The van der Waals surface area contributed by atoms with E-state index in [0.717, 1.165) is 29.7 Å². The van der Waals surface area contributed by atoms with Gasteiger partial charge in [0, 0.05) is 17.8 Å². The van der Waals surface area contributed by atoms with E-state index in [1.54, 1.807) is 0 Å². The minimum Gasteiger partial charge on any atom is -0.409 e. The normalized spacial score (nSPS) is 11.4. The van der Waals surface area contributed by atoms with Crippen LogP contribution in [0.2, 0.25) is 0 Å². The quantitative estimate of drug-likeness (QED) is 0.329. The predicted octanol–water partition coefficient (Wildman–Crippen LogP) is 3.35. The molecule has 4 nitrogen and oxygen atoms in total. The molecule has 0 aliphatic heterocycles. The highest BCUT2D eigenvalue weighted by Crippen LogP contribution is 2.18. The second kappa shape index (κ2) is 7.33. The third-order valence-electron chi connectivity index (χ3n) is 3.35. The number of aryl methyl sites for hydroxylation is 1. The second-order valence-corrected chi connectivity index (χ2v) is 4.95. The smallest absolute Gasteiger partial charge is 0.170 e. The fraction of sp³-hybridized carbons (Fsp3) is 0.235. The van der Waals surface area contributed by atoms with Crippen molar-refractivity contribution >= 4 is 11.5 Å². The van der Waals surface area contributed by atoms with Crippen molar-refractivity contribution in [1.29, 1.82) is 0 Å². The summed E-state index contributed by atoms with van der Waals surface area (Å²) in [6, 6.07) is 16.0. The summed E-state index contributed by atoms with van der Waals surface area (Å²) in [4.78, 5) is 0. The van der Waals surface area contributed by atoms with E-state index in [1.165, 1.54) is 5.56 Å². The number of amidine groups is 1. The molecule has 0 aliphatic rings. The first kappa shape index (κ1) is 14.9. The Morgan fingerprint density at radius 1 is 1.19 bits per heavy atom. The number of rotatable bonds is 6. The largest absolute Gasteiger partial charge is 0.409 e. The zero-order valence-electron chi connectivity index (χ0n) is 12.2. The molecule has 110 valence electrons. The zero-order valence-corrected chi connectivity index (χ0v) is 12.2. The zero-order chi connectivity index (χ0) is 15.1. The number of hydrogen-bond acceptors (Lipinski definition) is 3. The van der Waals surface area contributed by atoms with Gasteiger partial charge in [-0.1, -0.05) is 54.9 Å². The van der Waals surface area contributed by atoms with Gasteiger partial charge in [0.05, 0.1) is 0 Å². The number of nitrogens with one attached hydrogen (secondary N) is 1. The third-order valence-corrected chi connectivity index (χ3v) is 3.35. The van der Waals surface area contributed by atoms with Crippen LogP contribution in [0, 0.1) is 0 Å². The molecule has 2 aromatic carbocycles. The van der Waals surface area contributed by atoms with Crippen LogP contribution in [0.3, 0.4) is 0 Å². The van der Waals surface area contributed by atoms with Crippen molar-refractivity contribution in [3.63, 3.8) is 0 Å². The summed E-state index contributed by atoms with van der Waals surface area (Å²) in [6.07, 6.45) is 2.19. The first-order chi connectivity index (χ1) is 10.2. The van der Waals surface area contributed by atoms with Gasteiger partial charge < -0.3 is 16.3 Å². The lowest BCUT2D eigenvalue weighted by Gasteiger charge is -2.12. The molecule has 0 bridgehead atoms. The van der Waals surface area contributed by atoms with Gasteiger partial charge >= 0.3 is 0 Å². The Bertz CT molecular complexity index is 623. The molecule has 0 aromatic heterocycles. The van der Waals surface area contributed by atoms with Gasteiger partial charge in [-0.2, -0.15) is 0 Å². The molecule has 2 rings (SSSR count). The molecule has 0 saturated carbocycles. The molecule has 0 saturated heterocycles. The molecule has 0 amide bonds. The molecule has 4 heteroatoms. The lowest BCUT2D eigenvalue weighted by Crippen LogP contribution is -2.13. The first-order valence-corrected chi connectivity index (χ1v) is 7.13. The third kappa shape index (κ3) is 3.99. The number of benzene rings is 2. The number of para-hydroxylation sites is 1. The number of hydrogen-bond donors (Lipinski definition) is 3. The highest BCUT2D eigenvalue weighted by molar-refractivity contribution is 5.97. The highest BCUT2D eigenvalue weighted by atomic mass is 16.4. The fourth-order valence-corrected chi connectivity index (χ4v) is 2.28. The molecule has 0 spiro atoms. The molecule has 0 unspecified atom stereocenters. The van der Waals surface area contributed by atoms with Gasteiger partial charge in [0.1, 0.15) is 0 Å². The van der Waals surface area contributed by atoms with E-state index >= 15 is 0 Å². The molecule has 0 aliphatic carbocycles. The van der Waals surface area contributed by atoms with Crippen LogP contribution >= 0.6 is 0 Å². The molecule has 0 radical (unpaired) electrons. The Balaban J connectivity index is 2.10. The van der Waals surface area contributed by atoms with Crippen LogP contribution in [-0.4, -0.2) is 11.0 Å². The van der Waals surface area contributed by atoms with E-state index in [-0.39, 0.29) is 5.84 Å². The molecule has 2 aromatic rings. The topological polar surface area (TPSA) is 70.6 Å². The van der Waals surface area contributed by atoms with Crippen LogP contribution in [0.5, 0.6) is 0 Å². The number of nitrogens with two attached hydrogens (primary N) is 1. The maximum absolute atomic E-state index is 8.73. The van der Waals surface area contributed by atoms with Crippen LogP contribution in [0.4, 0.5) is 5.69 Å². The van der Waals surface area contributed by atoms with Crippen LogP contribution in [0.1, 0.15) is 30.0 Å². The fourth-order valence-electron chi connectivity index (χ4n) is 2.28. The van der Waals surface area contributed by atoms with E-state index in [4.69, 9.17) is 10.9 Å². The minimum absolute atomic E-state index is 0.128. The Labute approximate surface area is 125 Å². The van der Waals surface area contributed by atoms with Gasteiger partial charge in [-0.15, -0.1) is 0 Å². The number of nitrogens with zero attached hydrogens (tertiary/aromatic N) is 1. The van der Waals surface area contributed by atoms with Gasteiger partial charge in [-0.3, -0.25) is 0 Å². The van der Waals surface area contributed by atoms with E-state index in [1.807, 2.05) is 30.3 Å². The van der Waals surface area contributed by atoms with E-state index < -0.39 is 0 Å². The Morgan fingerprint density at radius 2 is 2.00 bits per heavy atom. The Morgan fingerprint density at radius 3 is 2.76 bits per heavy atom. The van der Waals surface area contributed by atoms with Crippen molar-refractivity contribution in [3.8, 4) is 0 Å². The summed E-state index contributed by atoms with van der Waals surface area (Å²) in [5.74, 6) is 0.128. The van der Waals surface area contributed by atoms with Gasteiger partial charge in [0.2, 0.25) is 0 Å². The van der Waals surface area contributed by atoms with Crippen molar-refractivity contribution in [2.45, 2.75) is 26.3 Å². The lowest BCUT2D eigenvalue weighted by molar-refractivity contribution is 0.318. The molecule has 0 fully saturated rings. The van der Waals surface area contributed by atoms with Crippen LogP contribution in [0.15, 0.2) is 53.7 Å². The van der Waals surface area contributed by atoms with E-state index in [9.17, 15) is 0 Å². The van der Waals surface area contributed by atoms with Crippen molar-refractivity contribution in [2.24, 2.45) is 10.9 Å². The average Bonchev–Trinajstić information content (AvgIpc) is 2.54. The second-order valence-electron chi connectivity index (χ2n) is 4.95. The summed E-state index contributed by atoms with van der Waals surface area (Å²) in [5, 5.41) is 15.2. The summed E-state index contributed by atoms with van der Waals surface area (Å²) in [6.45, 7) is 2.88. The summed E-state index contributed by atoms with van der Waals surface area (Å²) in [5.41, 5.74) is 9.91. The molecular weight excluding hydrogens is 262 g/mol. The number of anilines is 1. The predicted molar refractivity (Wildman–Crippen MR) is 86.7 cm³/mol. The minimum atomic E-state index is 0.128. The van der Waals surface area contributed by atoms with Crippen molar-refractivity contribution in [2.75, 3.05) is 5.32 Å². The highest BCUT2D eigenvalue weighted by Gasteiger charge is 2.03. The lowest BCUT2D eigenvalue weighted by atomic mass is 10.1. The summed E-state index contributed by atoms with van der Waals surface area (Å²) >= 11 is 0. The van der Waals surface area contributed by atoms with Gasteiger partial charge in [0.25, 0.3) is 0 Å². The maximum Gasteiger partial charge on any atom is 0.170 e. The SMILES string of the molecule is CCCc1ccccc1NCc1cccc(C(N)=NO)c1. The Hall–Kier alpha value is -2.49. The van der Waals surface area contributed by atoms with Crippen molar-refractivity contribution < 1.29 is 5.21 Å². The summed E-state index contributed by atoms with van der Waals surface area (Å²) in [7, 11) is 0. The maximum atomic E-state index is 8.73. The summed E-state index contributed by atoms with van der Waals surface area (Å²) < 4.78 is 0. The van der Waals surface area contributed by atoms with Gasteiger partial charge in [0.15, 0.2) is 5.84 Å². The van der Waals surface area contributed by atoms with E-state index in [2.05, 4.69) is 35.6 Å². The van der Waals surface area contributed by atoms with Gasteiger partial charge in [-0.05, 0) is 29.7 Å². The number of oxime groups is 1. The standard InChI is InChI=1S/C17H21N3O/c1-2-6-14-8-3-4-10-16(14)19-12-13-7-5-9-15(11-13)17(18)20-21/h3-5,7-11,19,21H,2,6,12H2,1H3,(H2,18,20). The van der Waals surface area contributed by atoms with Crippen LogP contribution < -0.4 is 11.1 Å². The van der Waals surface area contributed by atoms with Crippen molar-refractivity contribution in [1.82, 2.24) is 0 Å². The Kier molecular flexibility index (Phi) is 5.21. The molecule has 4 N–H and O–H groups in total. The van der Waals surface area contributed by atoms with Crippen molar-refractivity contribution in [3.05, 3.63) is 65.2 Å². The molecule has 21 heavy (non-hydrogen) atoms. The molecular formula is C17H21N3O. The molecule has 0 heterocycles. The van der Waals surface area contributed by atoms with Crippen LogP contribution in [0.25, 0.3) is 0 Å². The first-order valence-electron chi connectivity index (χ1n) is 7.13. The van der Waals surface area contributed by atoms with Crippen LogP contribution in [-0.2, 0) is 13.0 Å². The molecule has 0 atom stereocenters. The monoisotopic (exact) mass is 283 g/mol. The average molecular weight is 283 g/mol. The van der Waals surface area contributed by atoms with E-state index in [0.29, 0.717) is 6.54 Å². The van der Waals surface area contributed by atoms with Gasteiger partial charge in [-0.25, -0.2) is 0 Å².